The van der Waals surface area contributed by atoms with Crippen LogP contribution in [0.15, 0.2) is 24.3 Å². The van der Waals surface area contributed by atoms with Gasteiger partial charge < -0.3 is 10.1 Å². The van der Waals surface area contributed by atoms with Gasteiger partial charge in [-0.15, -0.1) is 0 Å². The number of hydrogen-bond donors (Lipinski definition) is 1. The molecule has 0 spiro atoms. The maximum atomic E-state index is 5.70. The van der Waals surface area contributed by atoms with Crippen molar-refractivity contribution in [2.24, 2.45) is 5.92 Å². The minimum Gasteiger partial charge on any atom is -0.376 e. The second-order valence-electron chi connectivity index (χ2n) is 4.88. The fourth-order valence-corrected chi connectivity index (χ4v) is 2.71. The Kier molecular flexibility index (Phi) is 3.62. The molecule has 2 nitrogen and oxygen atoms in total. The molecule has 1 heterocycles. The lowest BCUT2D eigenvalue weighted by atomic mass is 9.82. The van der Waals surface area contributed by atoms with Gasteiger partial charge in [0.05, 0.1) is 13.2 Å². The lowest BCUT2D eigenvalue weighted by molar-refractivity contribution is 0.0754. The third-order valence-electron chi connectivity index (χ3n) is 3.49. The minimum atomic E-state index is 0.481. The number of nitrogens with one attached hydrogen (secondary N) is 1. The van der Waals surface area contributed by atoms with E-state index in [0.717, 1.165) is 13.2 Å². The Balaban J connectivity index is 2.30. The Morgan fingerprint density at radius 1 is 1.31 bits per heavy atom. The van der Waals surface area contributed by atoms with Crippen LogP contribution < -0.4 is 5.32 Å². The number of likely N-dealkylation sites (N-methyl/N-ethyl adjacent to an activating group) is 1. The van der Waals surface area contributed by atoms with Gasteiger partial charge in [-0.05, 0) is 24.1 Å². The average molecular weight is 219 g/mol. The molecule has 0 fully saturated rings. The molecule has 0 radical (unpaired) electrons. The first-order chi connectivity index (χ1) is 7.74. The molecule has 1 aromatic carbocycles. The van der Waals surface area contributed by atoms with E-state index in [9.17, 15) is 0 Å². The molecule has 0 amide bonds. The number of benzene rings is 1. The van der Waals surface area contributed by atoms with Crippen LogP contribution >= 0.6 is 0 Å². The second-order valence-corrected chi connectivity index (χ2v) is 4.88. The smallest absolute Gasteiger partial charge is 0.0719 e. The molecular formula is C14H21NO. The summed E-state index contributed by atoms with van der Waals surface area (Å²) in [5, 5.41) is 3.43. The van der Waals surface area contributed by atoms with Crippen LogP contribution in [-0.4, -0.2) is 19.7 Å². The van der Waals surface area contributed by atoms with Crippen molar-refractivity contribution in [1.82, 2.24) is 5.32 Å². The molecular weight excluding hydrogens is 198 g/mol. The summed E-state index contributed by atoms with van der Waals surface area (Å²) in [4.78, 5) is 0. The predicted octanol–water partition coefficient (Wildman–Crippen LogP) is 2.54. The van der Waals surface area contributed by atoms with E-state index in [1.54, 1.807) is 0 Å². The lowest BCUT2D eigenvalue weighted by Crippen LogP contribution is -2.40. The maximum Gasteiger partial charge on any atom is 0.0719 e. The SMILES string of the molecule is CNC(C(C)C)C1COCc2ccccc21. The molecule has 1 N–H and O–H groups in total. The summed E-state index contributed by atoms with van der Waals surface area (Å²) in [6, 6.07) is 9.13. The van der Waals surface area contributed by atoms with Crippen LogP contribution in [0.25, 0.3) is 0 Å². The van der Waals surface area contributed by atoms with Crippen molar-refractivity contribution in [2.45, 2.75) is 32.4 Å². The second kappa shape index (κ2) is 4.98. The molecule has 0 saturated carbocycles. The third-order valence-corrected chi connectivity index (χ3v) is 3.49. The van der Waals surface area contributed by atoms with Crippen molar-refractivity contribution < 1.29 is 4.74 Å². The number of ether oxygens (including phenoxy) is 1. The van der Waals surface area contributed by atoms with E-state index < -0.39 is 0 Å². The van der Waals surface area contributed by atoms with Gasteiger partial charge in [-0.3, -0.25) is 0 Å². The average Bonchev–Trinajstić information content (AvgIpc) is 2.30. The summed E-state index contributed by atoms with van der Waals surface area (Å²) in [7, 11) is 2.04. The molecule has 1 aliphatic heterocycles. The summed E-state index contributed by atoms with van der Waals surface area (Å²) in [5.41, 5.74) is 2.81. The van der Waals surface area contributed by atoms with Crippen LogP contribution in [0.3, 0.4) is 0 Å². The van der Waals surface area contributed by atoms with Crippen LogP contribution in [0.4, 0.5) is 0 Å². The number of hydrogen-bond acceptors (Lipinski definition) is 2. The molecule has 0 bridgehead atoms. The van der Waals surface area contributed by atoms with E-state index in [-0.39, 0.29) is 0 Å². The van der Waals surface area contributed by atoms with Gasteiger partial charge in [-0.1, -0.05) is 38.1 Å². The maximum absolute atomic E-state index is 5.70. The minimum absolute atomic E-state index is 0.481. The topological polar surface area (TPSA) is 21.3 Å². The Morgan fingerprint density at radius 2 is 2.06 bits per heavy atom. The van der Waals surface area contributed by atoms with Gasteiger partial charge in [0, 0.05) is 12.0 Å². The van der Waals surface area contributed by atoms with Crippen molar-refractivity contribution in [3.05, 3.63) is 35.4 Å². The highest BCUT2D eigenvalue weighted by atomic mass is 16.5. The molecule has 0 aromatic heterocycles. The number of rotatable bonds is 3. The van der Waals surface area contributed by atoms with Gasteiger partial charge in [0.15, 0.2) is 0 Å². The van der Waals surface area contributed by atoms with E-state index >= 15 is 0 Å². The fourth-order valence-electron chi connectivity index (χ4n) is 2.71. The van der Waals surface area contributed by atoms with E-state index in [1.807, 2.05) is 7.05 Å². The van der Waals surface area contributed by atoms with E-state index in [4.69, 9.17) is 4.74 Å². The highest BCUT2D eigenvalue weighted by Gasteiger charge is 2.29. The van der Waals surface area contributed by atoms with Crippen molar-refractivity contribution in [1.29, 1.82) is 0 Å². The predicted molar refractivity (Wildman–Crippen MR) is 66.5 cm³/mol. The van der Waals surface area contributed by atoms with Crippen molar-refractivity contribution >= 4 is 0 Å². The normalized spacial score (nSPS) is 21.9. The van der Waals surface area contributed by atoms with Crippen LogP contribution in [-0.2, 0) is 11.3 Å². The summed E-state index contributed by atoms with van der Waals surface area (Å²) in [6.07, 6.45) is 0. The van der Waals surface area contributed by atoms with Gasteiger partial charge in [-0.25, -0.2) is 0 Å². The molecule has 88 valence electrons. The summed E-state index contributed by atoms with van der Waals surface area (Å²) in [6.45, 7) is 6.12. The Hall–Kier alpha value is -0.860. The van der Waals surface area contributed by atoms with Crippen LogP contribution in [0.5, 0.6) is 0 Å². The standard InChI is InChI=1S/C14H21NO/c1-10(2)14(15-3)13-9-16-8-11-6-4-5-7-12(11)13/h4-7,10,13-15H,8-9H2,1-3H3. The highest BCUT2D eigenvalue weighted by molar-refractivity contribution is 5.32. The van der Waals surface area contributed by atoms with E-state index in [0.29, 0.717) is 17.9 Å². The summed E-state index contributed by atoms with van der Waals surface area (Å²) >= 11 is 0. The van der Waals surface area contributed by atoms with E-state index in [1.165, 1.54) is 11.1 Å². The van der Waals surface area contributed by atoms with E-state index in [2.05, 4.69) is 43.4 Å². The van der Waals surface area contributed by atoms with Crippen molar-refractivity contribution in [3.8, 4) is 0 Å². The molecule has 1 aromatic rings. The third kappa shape index (κ3) is 2.13. The largest absolute Gasteiger partial charge is 0.376 e. The molecule has 0 saturated heterocycles. The zero-order valence-corrected chi connectivity index (χ0v) is 10.4. The Bertz CT molecular complexity index is 348. The molecule has 2 unspecified atom stereocenters. The quantitative estimate of drug-likeness (QED) is 0.843. The zero-order chi connectivity index (χ0) is 11.5. The molecule has 2 atom stereocenters. The zero-order valence-electron chi connectivity index (χ0n) is 10.4. The Morgan fingerprint density at radius 3 is 2.75 bits per heavy atom. The van der Waals surface area contributed by atoms with Gasteiger partial charge in [0.25, 0.3) is 0 Å². The molecule has 16 heavy (non-hydrogen) atoms. The summed E-state index contributed by atoms with van der Waals surface area (Å²) in [5.74, 6) is 1.10. The molecule has 2 rings (SSSR count). The van der Waals surface area contributed by atoms with Gasteiger partial charge in [0.2, 0.25) is 0 Å². The van der Waals surface area contributed by atoms with Gasteiger partial charge in [0.1, 0.15) is 0 Å². The monoisotopic (exact) mass is 219 g/mol. The van der Waals surface area contributed by atoms with Crippen LogP contribution in [0, 0.1) is 5.92 Å². The van der Waals surface area contributed by atoms with Crippen molar-refractivity contribution in [3.63, 3.8) is 0 Å². The van der Waals surface area contributed by atoms with Crippen LogP contribution in [0.2, 0.25) is 0 Å². The number of fused-ring (bicyclic) bond motifs is 1. The highest BCUT2D eigenvalue weighted by Crippen LogP contribution is 2.31. The van der Waals surface area contributed by atoms with Crippen LogP contribution in [0.1, 0.15) is 30.9 Å². The first-order valence-electron chi connectivity index (χ1n) is 6.07. The molecule has 1 aliphatic rings. The van der Waals surface area contributed by atoms with Gasteiger partial charge in [-0.2, -0.15) is 0 Å². The fraction of sp³-hybridized carbons (Fsp3) is 0.571. The summed E-state index contributed by atoms with van der Waals surface area (Å²) < 4.78 is 5.70. The Labute approximate surface area is 98.0 Å². The van der Waals surface area contributed by atoms with Gasteiger partial charge >= 0.3 is 0 Å². The first kappa shape index (κ1) is 11.6. The lowest BCUT2D eigenvalue weighted by Gasteiger charge is -2.34. The molecule has 0 aliphatic carbocycles. The van der Waals surface area contributed by atoms with Crippen molar-refractivity contribution in [2.75, 3.05) is 13.7 Å². The first-order valence-corrected chi connectivity index (χ1v) is 6.07. The molecule has 2 heteroatoms.